The van der Waals surface area contributed by atoms with Crippen molar-refractivity contribution in [3.63, 3.8) is 0 Å². The van der Waals surface area contributed by atoms with Gasteiger partial charge in [-0.25, -0.2) is 33.6 Å². The molecule has 39 heavy (non-hydrogen) atoms. The minimum atomic E-state index is -1.49. The summed E-state index contributed by atoms with van der Waals surface area (Å²) < 4.78 is 42.2. The van der Waals surface area contributed by atoms with Crippen LogP contribution in [0.3, 0.4) is 0 Å². The zero-order valence-electron chi connectivity index (χ0n) is 22.7. The first-order chi connectivity index (χ1) is 18.7. The number of ether oxygens (including phenoxy) is 2. The highest BCUT2D eigenvalue weighted by molar-refractivity contribution is 5.68. The summed E-state index contributed by atoms with van der Waals surface area (Å²) in [7, 11) is 0. The van der Waals surface area contributed by atoms with E-state index in [0.717, 1.165) is 0 Å². The molecule has 12 heteroatoms. The molecule has 4 heterocycles. The minimum absolute atomic E-state index is 0.238. The number of hydrogen-bond acceptors (Lipinski definition) is 9. The molecule has 3 unspecified atom stereocenters. The van der Waals surface area contributed by atoms with Gasteiger partial charge in [-0.05, 0) is 39.0 Å². The molecule has 1 aromatic carbocycles. The molecule has 0 aliphatic carbocycles. The van der Waals surface area contributed by atoms with Crippen LogP contribution in [-0.2, 0) is 9.47 Å². The van der Waals surface area contributed by atoms with Crippen molar-refractivity contribution in [2.75, 3.05) is 63.8 Å². The second kappa shape index (κ2) is 11.7. The summed E-state index contributed by atoms with van der Waals surface area (Å²) >= 11 is 0. The molecular weight excluding hydrogens is 508 g/mol. The maximum atomic E-state index is 16.0. The van der Waals surface area contributed by atoms with E-state index in [0.29, 0.717) is 64.6 Å². The van der Waals surface area contributed by atoms with Gasteiger partial charge >= 0.3 is 6.09 Å². The number of aromatic nitrogens is 2. The van der Waals surface area contributed by atoms with Crippen LogP contribution >= 0.6 is 0 Å². The predicted molar refractivity (Wildman–Crippen MR) is 141 cm³/mol. The Hall–Kier alpha value is -2.93. The number of halogens is 2. The Kier molecular flexibility index (Phi) is 8.27. The first-order valence-electron chi connectivity index (χ1n) is 13.5. The molecule has 5 rings (SSSR count). The van der Waals surface area contributed by atoms with Crippen molar-refractivity contribution in [1.82, 2.24) is 29.8 Å². The zero-order chi connectivity index (χ0) is 27.6. The summed E-state index contributed by atoms with van der Waals surface area (Å²) in [6, 6.07) is 8.47. The normalized spacial score (nSPS) is 26.0. The van der Waals surface area contributed by atoms with Crippen LogP contribution in [-0.4, -0.2) is 113 Å². The number of para-hydroxylation sites is 1. The lowest BCUT2D eigenvalue weighted by molar-refractivity contribution is -0.265. The van der Waals surface area contributed by atoms with Crippen molar-refractivity contribution in [2.24, 2.45) is 0 Å². The highest BCUT2D eigenvalue weighted by Crippen LogP contribution is 2.33. The van der Waals surface area contributed by atoms with Gasteiger partial charge < -0.3 is 19.3 Å². The van der Waals surface area contributed by atoms with Crippen LogP contribution in [0.25, 0.3) is 0 Å². The Morgan fingerprint density at radius 2 is 1.64 bits per heavy atom. The average molecular weight is 546 g/mol. The summed E-state index contributed by atoms with van der Waals surface area (Å²) in [6.07, 6.45) is -0.0624. The molecule has 1 amide bonds. The third kappa shape index (κ3) is 6.46. The number of nitrogens with zero attached hydrogens (tertiary/aromatic N) is 7. The first kappa shape index (κ1) is 27.6. The topological polar surface area (TPSA) is 77.5 Å². The Morgan fingerprint density at radius 1 is 0.974 bits per heavy atom. The van der Waals surface area contributed by atoms with E-state index in [1.54, 1.807) is 40.5 Å². The van der Waals surface area contributed by atoms with Crippen LogP contribution in [0, 0.1) is 5.82 Å². The lowest BCUT2D eigenvalue weighted by Gasteiger charge is -2.50. The Morgan fingerprint density at radius 3 is 2.28 bits per heavy atom. The van der Waals surface area contributed by atoms with Crippen molar-refractivity contribution < 1.29 is 23.0 Å². The van der Waals surface area contributed by atoms with Crippen molar-refractivity contribution in [1.29, 1.82) is 0 Å². The van der Waals surface area contributed by atoms with Crippen LogP contribution in [0.1, 0.15) is 32.7 Å². The van der Waals surface area contributed by atoms with E-state index in [-0.39, 0.29) is 17.7 Å². The van der Waals surface area contributed by atoms with Crippen molar-refractivity contribution in [3.8, 4) is 0 Å². The van der Waals surface area contributed by atoms with E-state index >= 15 is 4.39 Å². The molecule has 0 radical (unpaired) electrons. The van der Waals surface area contributed by atoms with Crippen LogP contribution in [0.2, 0.25) is 0 Å². The van der Waals surface area contributed by atoms with E-state index < -0.39 is 24.2 Å². The number of carbonyl (C=O) groups excluding carboxylic acids is 1. The summed E-state index contributed by atoms with van der Waals surface area (Å²) in [5, 5.41) is 3.65. The Bertz CT molecular complexity index is 1110. The van der Waals surface area contributed by atoms with Crippen LogP contribution in [0.15, 0.2) is 42.7 Å². The largest absolute Gasteiger partial charge is 0.444 e. The number of anilines is 1. The van der Waals surface area contributed by atoms with Crippen molar-refractivity contribution in [3.05, 3.63) is 54.4 Å². The maximum absolute atomic E-state index is 16.0. The molecule has 2 aromatic rings. The van der Waals surface area contributed by atoms with Crippen molar-refractivity contribution in [2.45, 2.75) is 45.0 Å². The molecule has 10 nitrogen and oxygen atoms in total. The smallest absolute Gasteiger partial charge is 0.410 e. The van der Waals surface area contributed by atoms with E-state index in [9.17, 15) is 9.18 Å². The van der Waals surface area contributed by atoms with Gasteiger partial charge in [0.1, 0.15) is 17.6 Å². The van der Waals surface area contributed by atoms with Crippen LogP contribution < -0.4 is 4.90 Å². The summed E-state index contributed by atoms with van der Waals surface area (Å²) in [6.45, 7) is 10.1. The Balaban J connectivity index is 1.27. The highest BCUT2D eigenvalue weighted by Gasteiger charge is 2.45. The fourth-order valence-corrected chi connectivity index (χ4v) is 5.23. The molecule has 0 N–H and O–H groups in total. The van der Waals surface area contributed by atoms with Crippen molar-refractivity contribution >= 4 is 11.8 Å². The molecule has 0 bridgehead atoms. The summed E-state index contributed by atoms with van der Waals surface area (Å²) in [5.41, 5.74) is 0.0140. The van der Waals surface area contributed by atoms with E-state index in [4.69, 9.17) is 9.47 Å². The molecule has 0 spiro atoms. The number of carbonyl (C=O) groups is 1. The van der Waals surface area contributed by atoms with Gasteiger partial charge in [0.2, 0.25) is 0 Å². The number of hydrazine groups is 1. The number of morpholine rings is 1. The van der Waals surface area contributed by atoms with Gasteiger partial charge in [-0.15, -0.1) is 0 Å². The highest BCUT2D eigenvalue weighted by atomic mass is 19.1. The minimum Gasteiger partial charge on any atom is -0.444 e. The summed E-state index contributed by atoms with van der Waals surface area (Å²) in [5.74, 6) is 0.0511. The second-order valence-corrected chi connectivity index (χ2v) is 11.0. The number of alkyl halides is 1. The average Bonchev–Trinajstić information content (AvgIpc) is 2.93. The molecule has 3 fully saturated rings. The van der Waals surface area contributed by atoms with E-state index in [2.05, 4.69) is 14.9 Å². The lowest BCUT2D eigenvalue weighted by atomic mass is 10.2. The quantitative estimate of drug-likeness (QED) is 0.539. The van der Waals surface area contributed by atoms with Crippen LogP contribution in [0.5, 0.6) is 0 Å². The third-order valence-corrected chi connectivity index (χ3v) is 7.21. The van der Waals surface area contributed by atoms with Gasteiger partial charge in [-0.3, -0.25) is 4.90 Å². The van der Waals surface area contributed by atoms with Gasteiger partial charge in [-0.1, -0.05) is 12.1 Å². The fraction of sp³-hybridized carbons (Fsp3) is 0.593. The second-order valence-electron chi connectivity index (χ2n) is 11.0. The number of amides is 1. The molecule has 3 aliphatic rings. The fourth-order valence-electron chi connectivity index (χ4n) is 5.23. The molecule has 212 valence electrons. The Labute approximate surface area is 228 Å². The molecule has 3 aliphatic heterocycles. The van der Waals surface area contributed by atoms with E-state index in [1.165, 1.54) is 6.07 Å². The van der Waals surface area contributed by atoms with Gasteiger partial charge in [-0.2, -0.15) is 0 Å². The standard InChI is InChI=1S/C27H37F2N7O3/c1-27(2,3)39-26(37)34-15-17-35(18-16-34)36-19-22(38-23(24(36)29)25-30-9-6-10-31-25)33-13-11-32(12-14-33)21-8-5-4-7-20(21)28/h4-10,22-24H,11-19H2,1-3H3. The number of benzene rings is 1. The van der Waals surface area contributed by atoms with E-state index in [1.807, 2.05) is 36.7 Å². The van der Waals surface area contributed by atoms with Gasteiger partial charge in [0.15, 0.2) is 18.2 Å². The third-order valence-electron chi connectivity index (χ3n) is 7.21. The number of piperazine rings is 2. The SMILES string of the molecule is CC(C)(C)OC(=O)N1CCN(N2CC(N3CCN(c4ccccc4F)CC3)OC(c3ncccn3)C2F)CC1. The zero-order valence-corrected chi connectivity index (χ0v) is 22.7. The summed E-state index contributed by atoms with van der Waals surface area (Å²) in [4.78, 5) is 27.0. The maximum Gasteiger partial charge on any atom is 0.410 e. The molecule has 1 aromatic heterocycles. The molecule has 0 saturated carbocycles. The predicted octanol–water partition coefficient (Wildman–Crippen LogP) is 2.90. The van der Waals surface area contributed by atoms with Gasteiger partial charge in [0.25, 0.3) is 0 Å². The number of rotatable bonds is 4. The lowest BCUT2D eigenvalue weighted by Crippen LogP contribution is -2.65. The molecule has 3 atom stereocenters. The number of hydrogen-bond donors (Lipinski definition) is 0. The molecular formula is C27H37F2N7O3. The van der Waals surface area contributed by atoms with Crippen LogP contribution in [0.4, 0.5) is 19.3 Å². The first-order valence-corrected chi connectivity index (χ1v) is 13.5. The van der Waals surface area contributed by atoms with Gasteiger partial charge in [0, 0.05) is 64.8 Å². The van der Waals surface area contributed by atoms with Gasteiger partial charge in [0.05, 0.1) is 12.2 Å². The molecule has 3 saturated heterocycles. The monoisotopic (exact) mass is 545 g/mol.